The highest BCUT2D eigenvalue weighted by atomic mass is 16.7. The van der Waals surface area contributed by atoms with E-state index >= 15 is 0 Å². The number of hydrogen-bond acceptors (Lipinski definition) is 3. The summed E-state index contributed by atoms with van der Waals surface area (Å²) in [6, 6.07) is 11.5. The Balaban J connectivity index is 1.52. The highest BCUT2D eigenvalue weighted by molar-refractivity contribution is 5.27. The molecule has 0 amide bonds. The Bertz CT molecular complexity index is 602. The van der Waals surface area contributed by atoms with Gasteiger partial charge in [0.2, 0.25) is 0 Å². The van der Waals surface area contributed by atoms with E-state index in [2.05, 4.69) is 44.2 Å². The first-order valence-corrected chi connectivity index (χ1v) is 10.9. The molecule has 0 bridgehead atoms. The molecule has 0 unspecified atom stereocenters. The van der Waals surface area contributed by atoms with Crippen LogP contribution in [0.15, 0.2) is 24.3 Å². The minimum absolute atomic E-state index is 0.0662. The molecule has 0 atom stereocenters. The van der Waals surface area contributed by atoms with E-state index in [9.17, 15) is 5.26 Å². The first-order valence-electron chi connectivity index (χ1n) is 10.9. The number of hydrogen-bond donors (Lipinski definition) is 0. The molecule has 3 nitrogen and oxygen atoms in total. The summed E-state index contributed by atoms with van der Waals surface area (Å²) in [5, 5.41) is 9.60. The maximum atomic E-state index is 9.60. The van der Waals surface area contributed by atoms with Crippen LogP contribution in [0.25, 0.3) is 0 Å². The summed E-state index contributed by atoms with van der Waals surface area (Å²) >= 11 is 0. The van der Waals surface area contributed by atoms with Crippen molar-refractivity contribution in [1.82, 2.24) is 0 Å². The number of ether oxygens (including phenoxy) is 2. The minimum Gasteiger partial charge on any atom is -0.348 e. The van der Waals surface area contributed by atoms with Gasteiger partial charge in [-0.05, 0) is 50.0 Å². The van der Waals surface area contributed by atoms with E-state index in [1.54, 1.807) is 0 Å². The van der Waals surface area contributed by atoms with Gasteiger partial charge in [0.1, 0.15) is 0 Å². The van der Waals surface area contributed by atoms with E-state index in [0.717, 1.165) is 57.3 Å². The SMILES string of the molecule is CCCCC1COC(c2ccc(C3CCC(C#N)(CCC)CC3)cc2)OC1. The fourth-order valence-electron chi connectivity index (χ4n) is 4.72. The lowest BCUT2D eigenvalue weighted by Gasteiger charge is -2.35. The van der Waals surface area contributed by atoms with Gasteiger partial charge in [-0.15, -0.1) is 0 Å². The summed E-state index contributed by atoms with van der Waals surface area (Å²) in [6.07, 6.45) is 9.96. The number of unbranched alkanes of at least 4 members (excludes halogenated alkanes) is 1. The van der Waals surface area contributed by atoms with Crippen molar-refractivity contribution in [1.29, 1.82) is 5.26 Å². The first kappa shape index (κ1) is 20.4. The lowest BCUT2D eigenvalue weighted by molar-refractivity contribution is -0.206. The summed E-state index contributed by atoms with van der Waals surface area (Å²) < 4.78 is 11.9. The Morgan fingerprint density at radius 2 is 1.63 bits per heavy atom. The van der Waals surface area contributed by atoms with Gasteiger partial charge in [-0.1, -0.05) is 57.4 Å². The molecule has 1 aliphatic carbocycles. The van der Waals surface area contributed by atoms with Crippen LogP contribution in [0.5, 0.6) is 0 Å². The van der Waals surface area contributed by atoms with E-state index in [4.69, 9.17) is 9.47 Å². The molecule has 148 valence electrons. The third-order valence-electron chi connectivity index (χ3n) is 6.52. The first-order chi connectivity index (χ1) is 13.2. The molecule has 1 aromatic carbocycles. The van der Waals surface area contributed by atoms with Gasteiger partial charge in [-0.25, -0.2) is 0 Å². The predicted molar refractivity (Wildman–Crippen MR) is 108 cm³/mol. The second kappa shape index (κ2) is 9.71. The normalized spacial score (nSPS) is 31.4. The summed E-state index contributed by atoms with van der Waals surface area (Å²) in [5.74, 6) is 1.13. The largest absolute Gasteiger partial charge is 0.348 e. The molecule has 3 rings (SSSR count). The second-order valence-corrected chi connectivity index (χ2v) is 8.59. The van der Waals surface area contributed by atoms with Crippen molar-refractivity contribution in [2.75, 3.05) is 13.2 Å². The van der Waals surface area contributed by atoms with Crippen LogP contribution in [0.3, 0.4) is 0 Å². The van der Waals surface area contributed by atoms with E-state index in [1.165, 1.54) is 24.8 Å². The summed E-state index contributed by atoms with van der Waals surface area (Å²) in [7, 11) is 0. The molecule has 0 radical (unpaired) electrons. The fourth-order valence-corrected chi connectivity index (χ4v) is 4.72. The van der Waals surface area contributed by atoms with E-state index in [0.29, 0.717) is 11.8 Å². The average Bonchev–Trinajstić information content (AvgIpc) is 2.73. The summed E-state index contributed by atoms with van der Waals surface area (Å²) in [5.41, 5.74) is 2.46. The second-order valence-electron chi connectivity index (χ2n) is 8.59. The monoisotopic (exact) mass is 369 g/mol. The van der Waals surface area contributed by atoms with Crippen molar-refractivity contribution in [3.63, 3.8) is 0 Å². The van der Waals surface area contributed by atoms with E-state index in [1.807, 2.05) is 0 Å². The van der Waals surface area contributed by atoms with Gasteiger partial charge in [-0.2, -0.15) is 5.26 Å². The highest BCUT2D eigenvalue weighted by Gasteiger charge is 2.35. The Hall–Kier alpha value is -1.37. The van der Waals surface area contributed by atoms with E-state index < -0.39 is 0 Å². The van der Waals surface area contributed by atoms with Crippen LogP contribution in [0, 0.1) is 22.7 Å². The molecular weight excluding hydrogens is 334 g/mol. The molecule has 0 N–H and O–H groups in total. The number of rotatable bonds is 7. The van der Waals surface area contributed by atoms with Gasteiger partial charge in [-0.3, -0.25) is 0 Å². The van der Waals surface area contributed by atoms with Crippen LogP contribution >= 0.6 is 0 Å². The molecule has 2 aliphatic rings. The van der Waals surface area contributed by atoms with Crippen molar-refractivity contribution in [3.05, 3.63) is 35.4 Å². The molecular formula is C24H35NO2. The Kier molecular flexibility index (Phi) is 7.33. The standard InChI is InChI=1S/C24H35NO2/c1-3-5-6-19-16-26-23(27-17-19)22-9-7-20(8-10-22)21-11-14-24(18-25,13-4-2)15-12-21/h7-10,19,21,23H,3-6,11-17H2,1-2H3. The van der Waals surface area contributed by atoms with Crippen molar-refractivity contribution >= 4 is 0 Å². The molecule has 0 spiro atoms. The van der Waals surface area contributed by atoms with Crippen LogP contribution in [0.1, 0.15) is 95.0 Å². The van der Waals surface area contributed by atoms with Crippen LogP contribution in [0.4, 0.5) is 0 Å². The van der Waals surface area contributed by atoms with E-state index in [-0.39, 0.29) is 11.7 Å². The topological polar surface area (TPSA) is 42.2 Å². The minimum atomic E-state index is -0.209. The molecule has 2 fully saturated rings. The number of nitrogens with zero attached hydrogens (tertiary/aromatic N) is 1. The van der Waals surface area contributed by atoms with Gasteiger partial charge < -0.3 is 9.47 Å². The van der Waals surface area contributed by atoms with Gasteiger partial charge >= 0.3 is 0 Å². The van der Waals surface area contributed by atoms with Crippen LogP contribution < -0.4 is 0 Å². The molecule has 1 heterocycles. The zero-order chi connectivity index (χ0) is 19.1. The van der Waals surface area contributed by atoms with Gasteiger partial charge in [0, 0.05) is 11.5 Å². The lowest BCUT2D eigenvalue weighted by atomic mass is 9.68. The zero-order valence-corrected chi connectivity index (χ0v) is 17.1. The average molecular weight is 370 g/mol. The lowest BCUT2D eigenvalue weighted by Crippen LogP contribution is -2.27. The molecule has 1 aliphatic heterocycles. The van der Waals surface area contributed by atoms with Crippen LogP contribution in [-0.4, -0.2) is 13.2 Å². The van der Waals surface area contributed by atoms with Crippen molar-refractivity contribution in [2.24, 2.45) is 11.3 Å². The van der Waals surface area contributed by atoms with Gasteiger partial charge in [0.15, 0.2) is 6.29 Å². The maximum absolute atomic E-state index is 9.60. The molecule has 1 aromatic rings. The molecule has 27 heavy (non-hydrogen) atoms. The molecule has 1 saturated heterocycles. The molecule has 0 aromatic heterocycles. The quantitative estimate of drug-likeness (QED) is 0.550. The third kappa shape index (κ3) is 5.12. The van der Waals surface area contributed by atoms with Crippen molar-refractivity contribution in [2.45, 2.75) is 83.8 Å². The Labute approximate surface area is 165 Å². The van der Waals surface area contributed by atoms with Crippen LogP contribution in [-0.2, 0) is 9.47 Å². The van der Waals surface area contributed by atoms with Crippen molar-refractivity contribution < 1.29 is 9.47 Å². The summed E-state index contributed by atoms with van der Waals surface area (Å²) in [6.45, 7) is 6.03. The Morgan fingerprint density at radius 1 is 1.00 bits per heavy atom. The number of benzene rings is 1. The summed E-state index contributed by atoms with van der Waals surface area (Å²) in [4.78, 5) is 0. The smallest absolute Gasteiger partial charge is 0.183 e. The third-order valence-corrected chi connectivity index (χ3v) is 6.52. The molecule has 1 saturated carbocycles. The van der Waals surface area contributed by atoms with Gasteiger partial charge in [0.05, 0.1) is 24.7 Å². The number of nitriles is 1. The zero-order valence-electron chi connectivity index (χ0n) is 17.1. The van der Waals surface area contributed by atoms with Gasteiger partial charge in [0.25, 0.3) is 0 Å². The predicted octanol–water partition coefficient (Wildman–Crippen LogP) is 6.51. The van der Waals surface area contributed by atoms with Crippen molar-refractivity contribution in [3.8, 4) is 6.07 Å². The Morgan fingerprint density at radius 3 is 2.19 bits per heavy atom. The molecule has 3 heteroatoms. The fraction of sp³-hybridized carbons (Fsp3) is 0.708. The van der Waals surface area contributed by atoms with Crippen LogP contribution in [0.2, 0.25) is 0 Å². The maximum Gasteiger partial charge on any atom is 0.183 e. The highest BCUT2D eigenvalue weighted by Crippen LogP contribution is 2.45.